The fourth-order valence-corrected chi connectivity index (χ4v) is 3.22. The van der Waals surface area contributed by atoms with Crippen LogP contribution in [-0.4, -0.2) is 33.6 Å². The lowest BCUT2D eigenvalue weighted by Gasteiger charge is -2.13. The molecule has 0 saturated heterocycles. The zero-order valence-electron chi connectivity index (χ0n) is 15.4. The van der Waals surface area contributed by atoms with Gasteiger partial charge >= 0.3 is 0 Å². The number of nitrogens with one attached hydrogen (secondary N) is 1. The van der Waals surface area contributed by atoms with Crippen LogP contribution in [0.1, 0.15) is 36.8 Å². The standard InChI is InChI=1S/C20H24N2O4S/c1-3-15-6-9-18(21-11-15)19(24)12-26-17-7-4-16(5-8-17)10-14(2)27-20(25)22-13-23/h4-9,11,13-14,19,24H,3,10,12H2,1-2H3,(H,22,23,25)/t14?,19-/m1/s1. The van der Waals surface area contributed by atoms with E-state index in [1.165, 1.54) is 0 Å². The average Bonchev–Trinajstić information content (AvgIpc) is 2.67. The Bertz CT molecular complexity index is 735. The zero-order chi connectivity index (χ0) is 19.6. The number of thioether (sulfide) groups is 1. The van der Waals surface area contributed by atoms with Crippen LogP contribution in [0.25, 0.3) is 0 Å². The lowest BCUT2D eigenvalue weighted by atomic mass is 10.1. The van der Waals surface area contributed by atoms with Crippen molar-refractivity contribution in [3.8, 4) is 5.75 Å². The van der Waals surface area contributed by atoms with E-state index >= 15 is 0 Å². The van der Waals surface area contributed by atoms with Gasteiger partial charge in [-0.1, -0.05) is 43.8 Å². The minimum absolute atomic E-state index is 0.0377. The maximum Gasteiger partial charge on any atom is 0.285 e. The Morgan fingerprint density at radius 3 is 2.56 bits per heavy atom. The molecule has 1 aromatic heterocycles. The SMILES string of the molecule is CCc1ccc([C@H](O)COc2ccc(CC(C)SC(=O)NC=O)cc2)nc1. The highest BCUT2D eigenvalue weighted by Crippen LogP contribution is 2.20. The molecule has 0 aliphatic rings. The van der Waals surface area contributed by atoms with Gasteiger partial charge in [0.15, 0.2) is 0 Å². The van der Waals surface area contributed by atoms with Crippen molar-refractivity contribution < 1.29 is 19.4 Å². The van der Waals surface area contributed by atoms with Gasteiger partial charge in [0, 0.05) is 11.4 Å². The van der Waals surface area contributed by atoms with Crippen LogP contribution in [0, 0.1) is 0 Å². The number of imide groups is 1. The lowest BCUT2D eigenvalue weighted by Crippen LogP contribution is -2.19. The van der Waals surface area contributed by atoms with Crippen molar-refractivity contribution in [2.75, 3.05) is 6.61 Å². The normalized spacial score (nSPS) is 12.9. The van der Waals surface area contributed by atoms with Crippen LogP contribution in [0.2, 0.25) is 0 Å². The van der Waals surface area contributed by atoms with Crippen molar-refractivity contribution in [1.82, 2.24) is 10.3 Å². The zero-order valence-corrected chi connectivity index (χ0v) is 16.2. The molecule has 1 unspecified atom stereocenters. The minimum atomic E-state index is -0.789. The van der Waals surface area contributed by atoms with Crippen LogP contribution < -0.4 is 10.1 Å². The van der Waals surface area contributed by atoms with Crippen LogP contribution in [0.15, 0.2) is 42.6 Å². The number of aryl methyl sites for hydroxylation is 1. The molecule has 1 aromatic carbocycles. The maximum atomic E-state index is 11.4. The highest BCUT2D eigenvalue weighted by Gasteiger charge is 2.12. The first-order valence-electron chi connectivity index (χ1n) is 8.77. The van der Waals surface area contributed by atoms with E-state index in [2.05, 4.69) is 17.2 Å². The Balaban J connectivity index is 1.82. The monoisotopic (exact) mass is 388 g/mol. The number of benzene rings is 1. The van der Waals surface area contributed by atoms with E-state index in [0.717, 1.165) is 29.3 Å². The average molecular weight is 388 g/mol. The van der Waals surface area contributed by atoms with Gasteiger partial charge in [0.25, 0.3) is 5.24 Å². The molecular formula is C20H24N2O4S. The predicted octanol–water partition coefficient (Wildman–Crippen LogP) is 3.29. The topological polar surface area (TPSA) is 88.5 Å². The van der Waals surface area contributed by atoms with Crippen LogP contribution >= 0.6 is 11.8 Å². The van der Waals surface area contributed by atoms with E-state index in [1.807, 2.05) is 43.3 Å². The summed E-state index contributed by atoms with van der Waals surface area (Å²) in [6.45, 7) is 4.10. The third kappa shape index (κ3) is 7.03. The fraction of sp³-hybridized carbons (Fsp3) is 0.350. The van der Waals surface area contributed by atoms with Gasteiger partial charge in [0.2, 0.25) is 6.41 Å². The third-order valence-corrected chi connectivity index (χ3v) is 4.84. The second kappa shape index (κ2) is 10.7. The molecule has 0 aliphatic heterocycles. The molecule has 2 aromatic rings. The summed E-state index contributed by atoms with van der Waals surface area (Å²) in [6, 6.07) is 11.3. The number of carbonyl (C=O) groups is 2. The second-order valence-corrected chi connectivity index (χ2v) is 7.51. The molecule has 0 bridgehead atoms. The van der Waals surface area contributed by atoms with Gasteiger partial charge in [-0.2, -0.15) is 0 Å². The molecule has 0 saturated carbocycles. The van der Waals surface area contributed by atoms with Crippen LogP contribution in [0.4, 0.5) is 4.79 Å². The summed E-state index contributed by atoms with van der Waals surface area (Å²) in [5.74, 6) is 0.655. The van der Waals surface area contributed by atoms with Gasteiger partial charge in [-0.15, -0.1) is 0 Å². The summed E-state index contributed by atoms with van der Waals surface area (Å²) >= 11 is 1.08. The van der Waals surface area contributed by atoms with Gasteiger partial charge in [-0.25, -0.2) is 0 Å². The van der Waals surface area contributed by atoms with E-state index in [9.17, 15) is 14.7 Å². The molecule has 0 spiro atoms. The molecule has 6 nitrogen and oxygen atoms in total. The van der Waals surface area contributed by atoms with Crippen molar-refractivity contribution in [2.45, 2.75) is 38.0 Å². The molecule has 2 rings (SSSR count). The largest absolute Gasteiger partial charge is 0.490 e. The number of hydrogen-bond donors (Lipinski definition) is 2. The van der Waals surface area contributed by atoms with Gasteiger partial charge in [-0.05, 0) is 42.2 Å². The molecule has 0 aliphatic carbocycles. The summed E-state index contributed by atoms with van der Waals surface area (Å²) in [4.78, 5) is 25.9. The van der Waals surface area contributed by atoms with Crippen LogP contribution in [-0.2, 0) is 17.6 Å². The maximum absolute atomic E-state index is 11.4. The molecule has 7 heteroatoms. The summed E-state index contributed by atoms with van der Waals surface area (Å²) in [5, 5.41) is 12.0. The Morgan fingerprint density at radius 1 is 1.26 bits per heavy atom. The van der Waals surface area contributed by atoms with Crippen molar-refractivity contribution in [3.05, 3.63) is 59.4 Å². The number of nitrogens with zero attached hydrogens (tertiary/aromatic N) is 1. The number of amides is 2. The molecule has 144 valence electrons. The number of aliphatic hydroxyl groups is 1. The Morgan fingerprint density at radius 2 is 1.96 bits per heavy atom. The van der Waals surface area contributed by atoms with Crippen LogP contribution in [0.5, 0.6) is 5.75 Å². The summed E-state index contributed by atoms with van der Waals surface area (Å²) < 4.78 is 5.64. The summed E-state index contributed by atoms with van der Waals surface area (Å²) in [6.07, 6.45) is 2.96. The first-order valence-corrected chi connectivity index (χ1v) is 9.65. The minimum Gasteiger partial charge on any atom is -0.490 e. The van der Waals surface area contributed by atoms with E-state index < -0.39 is 6.10 Å². The second-order valence-electron chi connectivity index (χ2n) is 6.10. The smallest absolute Gasteiger partial charge is 0.285 e. The number of aliphatic hydroxyl groups excluding tert-OH is 1. The molecule has 2 atom stereocenters. The molecular weight excluding hydrogens is 364 g/mol. The Hall–Kier alpha value is -2.38. The van der Waals surface area contributed by atoms with Gasteiger partial charge in [0.05, 0.1) is 5.69 Å². The highest BCUT2D eigenvalue weighted by molar-refractivity contribution is 8.14. The van der Waals surface area contributed by atoms with E-state index in [-0.39, 0.29) is 17.1 Å². The molecule has 2 amide bonds. The van der Waals surface area contributed by atoms with Crippen molar-refractivity contribution in [1.29, 1.82) is 0 Å². The highest BCUT2D eigenvalue weighted by atomic mass is 32.2. The van der Waals surface area contributed by atoms with Crippen molar-refractivity contribution >= 4 is 23.4 Å². The number of rotatable bonds is 9. The summed E-state index contributed by atoms with van der Waals surface area (Å²) in [7, 11) is 0. The van der Waals surface area contributed by atoms with E-state index in [1.54, 1.807) is 6.20 Å². The van der Waals surface area contributed by atoms with Crippen LogP contribution in [0.3, 0.4) is 0 Å². The van der Waals surface area contributed by atoms with Gasteiger partial charge < -0.3 is 9.84 Å². The summed E-state index contributed by atoms with van der Waals surface area (Å²) in [5.41, 5.74) is 2.76. The van der Waals surface area contributed by atoms with Crippen molar-refractivity contribution in [3.63, 3.8) is 0 Å². The third-order valence-electron chi connectivity index (χ3n) is 3.94. The first-order chi connectivity index (χ1) is 13.0. The number of carbonyl (C=O) groups excluding carboxylic acids is 2. The number of hydrogen-bond acceptors (Lipinski definition) is 6. The Labute approximate surface area is 163 Å². The molecule has 0 fully saturated rings. The molecule has 0 radical (unpaired) electrons. The molecule has 1 heterocycles. The van der Waals surface area contributed by atoms with Crippen molar-refractivity contribution in [2.24, 2.45) is 0 Å². The number of aromatic nitrogens is 1. The predicted molar refractivity (Wildman–Crippen MR) is 106 cm³/mol. The first kappa shape index (κ1) is 20.9. The fourth-order valence-electron chi connectivity index (χ4n) is 2.46. The van der Waals surface area contributed by atoms with Gasteiger partial charge in [0.1, 0.15) is 18.5 Å². The van der Waals surface area contributed by atoms with Gasteiger partial charge in [-0.3, -0.25) is 19.9 Å². The molecule has 2 N–H and O–H groups in total. The lowest BCUT2D eigenvalue weighted by molar-refractivity contribution is -0.108. The number of ether oxygens (including phenoxy) is 1. The number of pyridine rings is 1. The van der Waals surface area contributed by atoms with E-state index in [0.29, 0.717) is 24.3 Å². The molecule has 27 heavy (non-hydrogen) atoms. The van der Waals surface area contributed by atoms with E-state index in [4.69, 9.17) is 4.74 Å². The Kier molecular flexibility index (Phi) is 8.29. The quantitative estimate of drug-likeness (QED) is 0.641.